The highest BCUT2D eigenvalue weighted by Crippen LogP contribution is 2.65. The van der Waals surface area contributed by atoms with Crippen LogP contribution in [0.4, 0.5) is 4.79 Å². The Bertz CT molecular complexity index is 3440. The number of aliphatic hydroxyl groups is 4. The van der Waals surface area contributed by atoms with E-state index in [0.29, 0.717) is 31.2 Å². The Morgan fingerprint density at radius 3 is 2.03 bits per heavy atom. The van der Waals surface area contributed by atoms with E-state index in [4.69, 9.17) is 33.2 Å². The number of alkyl carbamates (subject to hydrolysis) is 1. The number of carbonyl (C=O) groups excluding carboxylic acids is 7. The van der Waals surface area contributed by atoms with Crippen LogP contribution in [0.3, 0.4) is 0 Å². The second kappa shape index (κ2) is 26.1. The average molecular weight is 1220 g/mol. The molecule has 2 amide bonds. The highest BCUT2D eigenvalue weighted by molar-refractivity contribution is 5.96. The van der Waals surface area contributed by atoms with Crippen molar-refractivity contribution in [2.75, 3.05) is 19.8 Å². The number of ketones is 1. The van der Waals surface area contributed by atoms with Crippen LogP contribution in [0, 0.1) is 23.7 Å². The van der Waals surface area contributed by atoms with E-state index in [2.05, 4.69) is 10.6 Å². The third-order valence-electron chi connectivity index (χ3n) is 18.3. The SMILES string of the molecule is CC(=O)O[C@H]1C(=O)C2(C)[C@@H](OC(=O)NCCCCCCn3c(=O)c(C)cn([C@H]4C[C@@H](O)[C@H](CO)O4)c3=O)C[C@H]3OC[C@@]3(OC(C)=O)[C@H]2[C@H](OC(=O)c2ccccc2)[C@]2(O)C[C@H](OC(=O)[C@H](O)[C@@H](NC(=O)c3ccccc3)c3ccccc3)C(C)=C1C2(C)C. The van der Waals surface area contributed by atoms with E-state index in [-0.39, 0.29) is 53.8 Å². The molecule has 14 atom stereocenters. The summed E-state index contributed by atoms with van der Waals surface area (Å²) in [6.07, 6.45) is -11.9. The number of Topliss-reactive ketones (excluding diaryl/α,β-unsaturated/α-hetero) is 1. The van der Waals surface area contributed by atoms with Gasteiger partial charge in [0.05, 0.1) is 42.3 Å². The molecular weight excluding hydrogens is 1140 g/mol. The minimum absolute atomic E-state index is 0.00183. The van der Waals surface area contributed by atoms with Crippen LogP contribution in [0.15, 0.2) is 118 Å². The third-order valence-corrected chi connectivity index (χ3v) is 18.3. The summed E-state index contributed by atoms with van der Waals surface area (Å²) >= 11 is 0. The van der Waals surface area contributed by atoms with Gasteiger partial charge >= 0.3 is 35.7 Å². The van der Waals surface area contributed by atoms with E-state index < -0.39 is 162 Å². The zero-order valence-corrected chi connectivity index (χ0v) is 50.1. The van der Waals surface area contributed by atoms with Crippen molar-refractivity contribution in [3.05, 3.63) is 151 Å². The number of nitrogens with zero attached hydrogens (tertiary/aromatic N) is 2. The molecule has 2 saturated carbocycles. The molecule has 3 aromatic carbocycles. The lowest BCUT2D eigenvalue weighted by Crippen LogP contribution is -2.82. The standard InChI is InChI=1S/C64H76N4O20/c1-35-32-68(47-29-42(72)44(33-69)84-47)60(80)67(56(35)76)28-20-9-8-19-27-65-59(79)86-45-30-46-63(34-82-46,88-38(4)71)52-54(87-57(77)41-25-17-12-18-26-41)64(81)31-43(36(2)48(61(64,5)6)51(83-37(3)70)53(74)62(45,52)7)85-58(78)50(73)49(39-21-13-10-14-22-39)66-55(75)40-23-15-11-16-24-40/h10-18,21-26,32,42-47,49-52,54,69,72-73,81H,8-9,19-20,27-31,33-34H2,1-7H3,(H,65,79)(H,66,75)/t42-,43+,44+,45+,46-,47-,49+,50-,51-,52+,54+,62?,63+,64-/m1/s1. The minimum atomic E-state index is -2.54. The van der Waals surface area contributed by atoms with E-state index >= 15 is 4.79 Å². The van der Waals surface area contributed by atoms with Crippen LogP contribution in [0.5, 0.6) is 0 Å². The number of fused-ring (bicyclic) bond motifs is 5. The zero-order chi connectivity index (χ0) is 63.6. The molecule has 0 spiro atoms. The number of aryl methyl sites for hydroxylation is 1. The third kappa shape index (κ3) is 12.2. The molecule has 4 fully saturated rings. The Morgan fingerprint density at radius 1 is 0.795 bits per heavy atom. The van der Waals surface area contributed by atoms with Gasteiger partial charge in [-0.05, 0) is 74.6 Å². The van der Waals surface area contributed by atoms with Gasteiger partial charge in [-0.3, -0.25) is 33.1 Å². The highest BCUT2D eigenvalue weighted by Gasteiger charge is 2.79. The highest BCUT2D eigenvalue weighted by atomic mass is 16.6. The van der Waals surface area contributed by atoms with E-state index in [1.54, 1.807) is 85.8 Å². The molecule has 3 heterocycles. The summed E-state index contributed by atoms with van der Waals surface area (Å²) in [6.45, 7) is 8.91. The molecule has 88 heavy (non-hydrogen) atoms. The Labute approximate surface area is 507 Å². The second-order valence-electron chi connectivity index (χ2n) is 24.1. The molecule has 2 saturated heterocycles. The Hall–Kier alpha value is -7.87. The Balaban J connectivity index is 1.03. The smallest absolute Gasteiger partial charge is 0.407 e. The first-order chi connectivity index (χ1) is 41.8. The number of carbonyl (C=O) groups is 7. The maximum atomic E-state index is 16.4. The van der Waals surface area contributed by atoms with Gasteiger partial charge in [0.2, 0.25) is 0 Å². The van der Waals surface area contributed by atoms with Gasteiger partial charge in [-0.25, -0.2) is 19.2 Å². The van der Waals surface area contributed by atoms with Crippen molar-refractivity contribution in [2.45, 2.75) is 172 Å². The molecular formula is C64H76N4O20. The summed E-state index contributed by atoms with van der Waals surface area (Å²) in [7, 11) is 0. The van der Waals surface area contributed by atoms with Gasteiger partial charge in [0.15, 0.2) is 23.6 Å². The predicted molar refractivity (Wildman–Crippen MR) is 310 cm³/mol. The molecule has 24 nitrogen and oxygen atoms in total. The van der Waals surface area contributed by atoms with Crippen molar-refractivity contribution in [3.63, 3.8) is 0 Å². The van der Waals surface area contributed by atoms with Gasteiger partial charge in [0.25, 0.3) is 11.5 Å². The monoisotopic (exact) mass is 1220 g/mol. The molecule has 9 rings (SSSR count). The number of aromatic nitrogens is 2. The molecule has 1 aromatic heterocycles. The zero-order valence-electron chi connectivity index (χ0n) is 50.1. The lowest BCUT2D eigenvalue weighted by atomic mass is 9.44. The number of hydrogen-bond acceptors (Lipinski definition) is 20. The van der Waals surface area contributed by atoms with Gasteiger partial charge in [-0.2, -0.15) is 0 Å². The predicted octanol–water partition coefficient (Wildman–Crippen LogP) is 4.00. The van der Waals surface area contributed by atoms with Crippen molar-refractivity contribution >= 4 is 41.7 Å². The summed E-state index contributed by atoms with van der Waals surface area (Å²) in [5.41, 5.74) is -8.77. The number of ether oxygens (including phenoxy) is 7. The van der Waals surface area contributed by atoms with Crippen molar-refractivity contribution in [3.8, 4) is 0 Å². The van der Waals surface area contributed by atoms with Crippen molar-refractivity contribution in [1.29, 1.82) is 0 Å². The van der Waals surface area contributed by atoms with Crippen molar-refractivity contribution in [1.82, 2.24) is 19.8 Å². The fourth-order valence-corrected chi connectivity index (χ4v) is 13.7. The summed E-state index contributed by atoms with van der Waals surface area (Å²) < 4.78 is 45.5. The maximum Gasteiger partial charge on any atom is 0.407 e. The largest absolute Gasteiger partial charge is 0.456 e. The van der Waals surface area contributed by atoms with E-state index in [9.17, 15) is 58.8 Å². The summed E-state index contributed by atoms with van der Waals surface area (Å²) in [6, 6.07) is 22.5. The Morgan fingerprint density at radius 2 is 1.43 bits per heavy atom. The van der Waals surface area contributed by atoms with Gasteiger partial charge < -0.3 is 64.2 Å². The van der Waals surface area contributed by atoms with E-state index in [0.717, 1.165) is 18.4 Å². The number of hydrogen-bond donors (Lipinski definition) is 6. The second-order valence-corrected chi connectivity index (χ2v) is 24.1. The fourth-order valence-electron chi connectivity index (χ4n) is 13.7. The van der Waals surface area contributed by atoms with Crippen LogP contribution in [-0.4, -0.2) is 151 Å². The van der Waals surface area contributed by atoms with Crippen LogP contribution in [-0.2, 0) is 58.9 Å². The lowest BCUT2D eigenvalue weighted by Gasteiger charge is -2.67. The van der Waals surface area contributed by atoms with Crippen LogP contribution < -0.4 is 21.9 Å². The van der Waals surface area contributed by atoms with E-state index in [1.807, 2.05) is 0 Å². The molecule has 2 aliphatic heterocycles. The molecule has 4 aromatic rings. The number of aliphatic hydroxyl groups excluding tert-OH is 3. The molecule has 6 N–H and O–H groups in total. The molecule has 472 valence electrons. The number of rotatable bonds is 20. The molecule has 1 unspecified atom stereocenters. The van der Waals surface area contributed by atoms with Crippen molar-refractivity contribution < 1.29 is 87.1 Å². The average Bonchev–Trinajstić information content (AvgIpc) is 0.708. The molecule has 2 bridgehead atoms. The number of amides is 2. The summed E-state index contributed by atoms with van der Waals surface area (Å²) in [5, 5.41) is 51.5. The van der Waals surface area contributed by atoms with Crippen LogP contribution >= 0.6 is 0 Å². The van der Waals surface area contributed by atoms with Crippen LogP contribution in [0.2, 0.25) is 0 Å². The van der Waals surface area contributed by atoms with Crippen LogP contribution in [0.25, 0.3) is 0 Å². The number of esters is 4. The summed E-state index contributed by atoms with van der Waals surface area (Å²) in [4.78, 5) is 127. The van der Waals surface area contributed by atoms with Gasteiger partial charge in [0.1, 0.15) is 42.3 Å². The minimum Gasteiger partial charge on any atom is -0.456 e. The molecule has 0 radical (unpaired) electrons. The normalized spacial score (nSPS) is 29.3. The summed E-state index contributed by atoms with van der Waals surface area (Å²) in [5.74, 6) is -7.40. The first-order valence-corrected chi connectivity index (χ1v) is 29.5. The number of nitrogens with one attached hydrogen (secondary N) is 2. The Kier molecular flexibility index (Phi) is 19.1. The number of unbranched alkanes of at least 4 members (excludes halogenated alkanes) is 3. The number of benzene rings is 3. The first-order valence-electron chi connectivity index (χ1n) is 29.5. The van der Waals surface area contributed by atoms with Crippen molar-refractivity contribution in [2.24, 2.45) is 16.7 Å². The molecule has 3 aliphatic carbocycles. The quantitative estimate of drug-likeness (QED) is 0.0315. The van der Waals surface area contributed by atoms with Gasteiger partial charge in [0, 0.05) is 68.9 Å². The lowest BCUT2D eigenvalue weighted by molar-refractivity contribution is -0.345. The van der Waals surface area contributed by atoms with E-state index in [1.165, 1.54) is 50.6 Å². The van der Waals surface area contributed by atoms with Gasteiger partial charge in [-0.15, -0.1) is 0 Å². The molecule has 5 aliphatic rings. The topological polar surface area (TPSA) is 333 Å². The first kappa shape index (κ1) is 64.6. The van der Waals surface area contributed by atoms with Gasteiger partial charge in [-0.1, -0.05) is 93.4 Å². The maximum absolute atomic E-state index is 16.4. The molecule has 24 heteroatoms. The van der Waals surface area contributed by atoms with Crippen LogP contribution in [0.1, 0.15) is 131 Å². The fraction of sp³-hybridized carbons (Fsp3) is 0.516.